The van der Waals surface area contributed by atoms with Crippen molar-refractivity contribution in [2.45, 2.75) is 54.5 Å². The van der Waals surface area contributed by atoms with Gasteiger partial charge in [0.25, 0.3) is 0 Å². The second kappa shape index (κ2) is 5.45. The summed E-state index contributed by atoms with van der Waals surface area (Å²) in [5.74, 6) is 0.885. The summed E-state index contributed by atoms with van der Waals surface area (Å²) in [5.41, 5.74) is 0.473. The number of hydrogen-bond acceptors (Lipinski definition) is 2. The third kappa shape index (κ3) is 2.23. The maximum absolute atomic E-state index is 10.7. The monoisotopic (exact) mass is 558 g/mol. The lowest BCUT2D eigenvalue weighted by atomic mass is 9.58. The van der Waals surface area contributed by atoms with Crippen molar-refractivity contribution in [2.75, 3.05) is 0 Å². The first-order valence-corrected chi connectivity index (χ1v) is 10.5. The highest BCUT2D eigenvalue weighted by atomic mass is 79.9. The molecule has 1 aliphatic heterocycles. The molecule has 0 aromatic heterocycles. The Morgan fingerprint density at radius 3 is 2.50 bits per heavy atom. The van der Waals surface area contributed by atoms with Gasteiger partial charge in [0.05, 0.1) is 14.9 Å². The summed E-state index contributed by atoms with van der Waals surface area (Å²) >= 11 is 14.8. The normalized spacial score (nSPS) is 39.6. The Morgan fingerprint density at radius 1 is 1.23 bits per heavy atom. The standard InChI is InChI=1S/C16H18Br4O2/c1-14(2)11(19)6-12(21)15(3,20)16(14)7-8-4-9(17)5-10(18)13(8)22-16/h4-5,11-12,21H,6-7H2,1-3H3/t11-,12-,15+,16+/m0/s1. The van der Waals surface area contributed by atoms with Gasteiger partial charge in [0.1, 0.15) is 11.4 Å². The van der Waals surface area contributed by atoms with Crippen molar-refractivity contribution in [3.8, 4) is 5.75 Å². The van der Waals surface area contributed by atoms with Crippen LogP contribution in [-0.2, 0) is 6.42 Å². The molecule has 2 nitrogen and oxygen atoms in total. The van der Waals surface area contributed by atoms with Crippen molar-refractivity contribution in [3.05, 3.63) is 26.6 Å². The van der Waals surface area contributed by atoms with E-state index in [1.807, 2.05) is 13.0 Å². The predicted molar refractivity (Wildman–Crippen MR) is 103 cm³/mol. The van der Waals surface area contributed by atoms with E-state index in [-0.39, 0.29) is 10.2 Å². The van der Waals surface area contributed by atoms with E-state index in [4.69, 9.17) is 4.74 Å². The molecule has 0 bridgehead atoms. The maximum atomic E-state index is 10.7. The molecule has 0 amide bonds. The van der Waals surface area contributed by atoms with E-state index in [0.717, 1.165) is 26.7 Å². The highest BCUT2D eigenvalue weighted by Crippen LogP contribution is 2.62. The van der Waals surface area contributed by atoms with Crippen LogP contribution < -0.4 is 4.74 Å². The van der Waals surface area contributed by atoms with E-state index in [0.29, 0.717) is 6.42 Å². The van der Waals surface area contributed by atoms with Gasteiger partial charge in [-0.3, -0.25) is 0 Å². The van der Waals surface area contributed by atoms with Crippen molar-refractivity contribution in [1.82, 2.24) is 0 Å². The fourth-order valence-corrected chi connectivity index (χ4v) is 6.87. The molecule has 1 spiro atoms. The number of benzene rings is 1. The van der Waals surface area contributed by atoms with Crippen molar-refractivity contribution in [1.29, 1.82) is 0 Å². The largest absolute Gasteiger partial charge is 0.483 e. The van der Waals surface area contributed by atoms with Crippen LogP contribution in [0.3, 0.4) is 0 Å². The fraction of sp³-hybridized carbons (Fsp3) is 0.625. The van der Waals surface area contributed by atoms with Crippen LogP contribution in [0.4, 0.5) is 0 Å². The lowest BCUT2D eigenvalue weighted by Gasteiger charge is -2.59. The lowest BCUT2D eigenvalue weighted by Crippen LogP contribution is -2.71. The van der Waals surface area contributed by atoms with Crippen LogP contribution in [0.25, 0.3) is 0 Å². The summed E-state index contributed by atoms with van der Waals surface area (Å²) < 4.78 is 8.03. The zero-order valence-electron chi connectivity index (χ0n) is 12.6. The van der Waals surface area contributed by atoms with Gasteiger partial charge in [0.15, 0.2) is 0 Å². The molecule has 22 heavy (non-hydrogen) atoms. The van der Waals surface area contributed by atoms with Crippen LogP contribution in [-0.4, -0.2) is 26.0 Å². The minimum absolute atomic E-state index is 0.157. The zero-order valence-corrected chi connectivity index (χ0v) is 18.9. The van der Waals surface area contributed by atoms with Crippen LogP contribution in [0.5, 0.6) is 5.75 Å². The third-order valence-corrected chi connectivity index (χ3v) is 9.20. The summed E-state index contributed by atoms with van der Waals surface area (Å²) in [4.78, 5) is 0.178. The van der Waals surface area contributed by atoms with E-state index in [9.17, 15) is 5.11 Å². The van der Waals surface area contributed by atoms with Gasteiger partial charge >= 0.3 is 0 Å². The molecule has 4 atom stereocenters. The smallest absolute Gasteiger partial charge is 0.137 e. The highest BCUT2D eigenvalue weighted by molar-refractivity contribution is 9.11. The Hall–Kier alpha value is 0.900. The first kappa shape index (κ1) is 17.7. The Morgan fingerprint density at radius 2 is 1.86 bits per heavy atom. The average Bonchev–Trinajstić information content (AvgIpc) is 2.78. The van der Waals surface area contributed by atoms with E-state index < -0.39 is 16.0 Å². The SMILES string of the molecule is CC1(C)[C@@H](Br)C[C@H](O)[C@@](C)(Br)[C@@]12Cc1cc(Br)cc(Br)c1O2. The van der Waals surface area contributed by atoms with Gasteiger partial charge in [-0.1, -0.05) is 61.6 Å². The van der Waals surface area contributed by atoms with Gasteiger partial charge in [0.2, 0.25) is 0 Å². The van der Waals surface area contributed by atoms with Gasteiger partial charge in [-0.2, -0.15) is 0 Å². The summed E-state index contributed by atoms with van der Waals surface area (Å²) in [6.45, 7) is 6.48. The van der Waals surface area contributed by atoms with Crippen LogP contribution in [0.2, 0.25) is 0 Å². The van der Waals surface area contributed by atoms with Crippen molar-refractivity contribution in [3.63, 3.8) is 0 Å². The number of hydrogen-bond donors (Lipinski definition) is 1. The quantitative estimate of drug-likeness (QED) is 0.418. The van der Waals surface area contributed by atoms with Gasteiger partial charge in [-0.05, 0) is 41.4 Å². The Balaban J connectivity index is 2.18. The summed E-state index contributed by atoms with van der Waals surface area (Å²) in [5, 5.41) is 10.7. The maximum Gasteiger partial charge on any atom is 0.137 e. The van der Waals surface area contributed by atoms with Crippen LogP contribution in [0.1, 0.15) is 32.8 Å². The molecule has 122 valence electrons. The summed E-state index contributed by atoms with van der Waals surface area (Å²) in [7, 11) is 0. The number of fused-ring (bicyclic) bond motifs is 1. The number of halogens is 4. The van der Waals surface area contributed by atoms with Gasteiger partial charge in [-0.15, -0.1) is 0 Å². The van der Waals surface area contributed by atoms with Crippen molar-refractivity contribution >= 4 is 63.7 Å². The van der Waals surface area contributed by atoms with Crippen LogP contribution >= 0.6 is 63.7 Å². The van der Waals surface area contributed by atoms with Gasteiger partial charge in [0, 0.05) is 26.7 Å². The molecule has 0 radical (unpaired) electrons. The molecule has 1 aromatic carbocycles. The molecule has 1 N–H and O–H groups in total. The zero-order chi connectivity index (χ0) is 16.5. The Labute approximate surface area is 164 Å². The molecule has 1 saturated carbocycles. The molecule has 1 heterocycles. The molecule has 6 heteroatoms. The number of aliphatic hydroxyl groups excluding tert-OH is 1. The van der Waals surface area contributed by atoms with Crippen molar-refractivity contribution < 1.29 is 9.84 Å². The van der Waals surface area contributed by atoms with Crippen LogP contribution in [0.15, 0.2) is 21.1 Å². The Bertz CT molecular complexity index is 607. The minimum atomic E-state index is -0.530. The predicted octanol–water partition coefficient (Wildman–Crippen LogP) is 5.59. The molecule has 0 unspecified atom stereocenters. The molecule has 3 rings (SSSR count). The molecule has 1 fully saturated rings. The molecular formula is C16H18Br4O2. The average molecular weight is 562 g/mol. The molecule has 1 aromatic rings. The van der Waals surface area contributed by atoms with Crippen LogP contribution in [0, 0.1) is 5.41 Å². The van der Waals surface area contributed by atoms with Crippen molar-refractivity contribution in [2.24, 2.45) is 5.41 Å². The number of ether oxygens (including phenoxy) is 1. The molecule has 0 saturated heterocycles. The molecule has 2 aliphatic rings. The van der Waals surface area contributed by atoms with Gasteiger partial charge in [-0.25, -0.2) is 0 Å². The van der Waals surface area contributed by atoms with E-state index >= 15 is 0 Å². The number of aliphatic hydroxyl groups is 1. The molecular weight excluding hydrogens is 544 g/mol. The first-order valence-electron chi connectivity index (χ1n) is 7.21. The molecule has 1 aliphatic carbocycles. The van der Waals surface area contributed by atoms with E-state index in [2.05, 4.69) is 83.6 Å². The fourth-order valence-electron chi connectivity index (χ4n) is 3.83. The summed E-state index contributed by atoms with van der Waals surface area (Å²) in [6, 6.07) is 4.11. The second-order valence-corrected chi connectivity index (χ2v) is 11.5. The lowest BCUT2D eigenvalue weighted by molar-refractivity contribution is -0.116. The first-order chi connectivity index (χ1) is 10.0. The number of rotatable bonds is 0. The van der Waals surface area contributed by atoms with Gasteiger partial charge < -0.3 is 9.84 Å². The minimum Gasteiger partial charge on any atom is -0.483 e. The Kier molecular flexibility index (Phi) is 4.39. The summed E-state index contributed by atoms with van der Waals surface area (Å²) in [6.07, 6.45) is 0.969. The second-order valence-electron chi connectivity index (χ2n) is 7.00. The van der Waals surface area contributed by atoms with E-state index in [1.54, 1.807) is 0 Å². The topological polar surface area (TPSA) is 29.5 Å². The number of alkyl halides is 2. The third-order valence-electron chi connectivity index (χ3n) is 5.47. The van der Waals surface area contributed by atoms with E-state index in [1.165, 1.54) is 0 Å². The highest BCUT2D eigenvalue weighted by Gasteiger charge is 2.68.